The summed E-state index contributed by atoms with van der Waals surface area (Å²) >= 11 is 0. The summed E-state index contributed by atoms with van der Waals surface area (Å²) in [5.74, 6) is -0.934. The summed E-state index contributed by atoms with van der Waals surface area (Å²) in [6.45, 7) is 6.36. The lowest BCUT2D eigenvalue weighted by atomic mass is 10.1. The lowest BCUT2D eigenvalue weighted by Gasteiger charge is -2.18. The highest BCUT2D eigenvalue weighted by molar-refractivity contribution is 5.71. The molecule has 6 nitrogen and oxygen atoms in total. The predicted molar refractivity (Wildman–Crippen MR) is 343 cm³/mol. The first-order chi connectivity index (χ1) is 39.0. The molecule has 1 atom stereocenters. The van der Waals surface area contributed by atoms with E-state index in [2.05, 4.69) is 167 Å². The van der Waals surface area contributed by atoms with Gasteiger partial charge >= 0.3 is 17.9 Å². The summed E-state index contributed by atoms with van der Waals surface area (Å²) < 4.78 is 16.9. The van der Waals surface area contributed by atoms with E-state index in [1.165, 1.54) is 77.0 Å². The van der Waals surface area contributed by atoms with Gasteiger partial charge in [-0.15, -0.1) is 0 Å². The van der Waals surface area contributed by atoms with Crippen LogP contribution < -0.4 is 0 Å². The molecule has 0 heterocycles. The first-order valence-electron chi connectivity index (χ1n) is 32.3. The number of rotatable bonds is 57. The van der Waals surface area contributed by atoms with Gasteiger partial charge < -0.3 is 14.2 Å². The van der Waals surface area contributed by atoms with Crippen LogP contribution in [0, 0.1) is 0 Å². The molecule has 0 amide bonds. The van der Waals surface area contributed by atoms with Gasteiger partial charge in [-0.1, -0.05) is 263 Å². The Kier molecular flexibility index (Phi) is 61.9. The number of carbonyl (C=O) groups is 3. The van der Waals surface area contributed by atoms with Gasteiger partial charge in [-0.25, -0.2) is 0 Å². The zero-order chi connectivity index (χ0) is 57.1. The Bertz CT molecular complexity index is 1730. The topological polar surface area (TPSA) is 78.9 Å². The molecule has 446 valence electrons. The lowest BCUT2D eigenvalue weighted by Crippen LogP contribution is -2.30. The van der Waals surface area contributed by atoms with E-state index in [-0.39, 0.29) is 31.1 Å². The van der Waals surface area contributed by atoms with Crippen molar-refractivity contribution in [3.05, 3.63) is 146 Å². The van der Waals surface area contributed by atoms with Crippen molar-refractivity contribution in [2.24, 2.45) is 0 Å². The smallest absolute Gasteiger partial charge is 0.306 e. The van der Waals surface area contributed by atoms with Crippen LogP contribution in [0.3, 0.4) is 0 Å². The van der Waals surface area contributed by atoms with Gasteiger partial charge in [0, 0.05) is 19.3 Å². The standard InChI is InChI=1S/C73H118O6/c1-4-7-10-13-16-19-22-25-28-31-33-34-35-36-37-38-40-42-45-48-51-54-57-60-63-66-72(75)78-69-70(68-77-71(74)65-62-59-56-53-50-47-44-41-30-27-24-21-18-15-12-9-6-3)79-73(76)67-64-61-58-55-52-49-46-43-39-32-29-26-23-20-17-14-11-8-5-2/h7,9-10,12,16-21,25-30,33-34,36-37,39-40,42-43,70H,4-6,8,11,13-15,22-24,31-32,35,38,41,44-69H2,1-3H3/b10-7-,12-9-,19-16-,20-17-,21-18-,28-25-,29-26-,30-27-,34-33-,37-36-,42-40-,43-39-. The van der Waals surface area contributed by atoms with Crippen LogP contribution in [0.2, 0.25) is 0 Å². The summed E-state index contributed by atoms with van der Waals surface area (Å²) in [6, 6.07) is 0. The van der Waals surface area contributed by atoms with Crippen molar-refractivity contribution >= 4 is 17.9 Å². The zero-order valence-electron chi connectivity index (χ0n) is 51.1. The van der Waals surface area contributed by atoms with Gasteiger partial charge in [0.2, 0.25) is 0 Å². The number of allylic oxidation sites excluding steroid dienone is 24. The van der Waals surface area contributed by atoms with Crippen molar-refractivity contribution < 1.29 is 28.6 Å². The van der Waals surface area contributed by atoms with E-state index in [1.54, 1.807) is 0 Å². The molecular formula is C73H118O6. The second-order valence-electron chi connectivity index (χ2n) is 20.9. The minimum atomic E-state index is -0.804. The average molecular weight is 1090 g/mol. The molecule has 1 unspecified atom stereocenters. The first kappa shape index (κ1) is 74.3. The van der Waals surface area contributed by atoms with Crippen molar-refractivity contribution in [2.75, 3.05) is 13.2 Å². The molecule has 0 aromatic carbocycles. The Balaban J connectivity index is 4.47. The molecule has 79 heavy (non-hydrogen) atoms. The van der Waals surface area contributed by atoms with Crippen LogP contribution in [-0.2, 0) is 28.6 Å². The van der Waals surface area contributed by atoms with Crippen molar-refractivity contribution in [3.8, 4) is 0 Å². The van der Waals surface area contributed by atoms with Gasteiger partial charge in [0.15, 0.2) is 6.10 Å². The molecule has 0 radical (unpaired) electrons. The number of ether oxygens (including phenoxy) is 3. The molecule has 0 fully saturated rings. The van der Waals surface area contributed by atoms with Crippen molar-refractivity contribution in [1.29, 1.82) is 0 Å². The predicted octanol–water partition coefficient (Wildman–Crippen LogP) is 22.3. The van der Waals surface area contributed by atoms with Crippen LogP contribution in [0.1, 0.15) is 278 Å². The molecule has 0 rings (SSSR count). The third-order valence-electron chi connectivity index (χ3n) is 13.3. The quantitative estimate of drug-likeness (QED) is 0.0261. The fourth-order valence-corrected chi connectivity index (χ4v) is 8.53. The van der Waals surface area contributed by atoms with Crippen molar-refractivity contribution in [1.82, 2.24) is 0 Å². The molecule has 0 bridgehead atoms. The molecule has 0 saturated carbocycles. The molecule has 0 aliphatic heterocycles. The van der Waals surface area contributed by atoms with E-state index in [1.807, 2.05) is 0 Å². The summed E-state index contributed by atoms with van der Waals surface area (Å²) in [4.78, 5) is 38.4. The van der Waals surface area contributed by atoms with Crippen LogP contribution in [0.15, 0.2) is 146 Å². The zero-order valence-corrected chi connectivity index (χ0v) is 51.1. The van der Waals surface area contributed by atoms with E-state index in [0.29, 0.717) is 19.3 Å². The van der Waals surface area contributed by atoms with Crippen LogP contribution >= 0.6 is 0 Å². The average Bonchev–Trinajstić information content (AvgIpc) is 3.45. The Labute approximate surface area is 487 Å². The highest BCUT2D eigenvalue weighted by Crippen LogP contribution is 2.15. The van der Waals surface area contributed by atoms with Gasteiger partial charge in [-0.3, -0.25) is 14.4 Å². The lowest BCUT2D eigenvalue weighted by molar-refractivity contribution is -0.167. The van der Waals surface area contributed by atoms with Gasteiger partial charge in [0.25, 0.3) is 0 Å². The maximum atomic E-state index is 12.9. The number of esters is 3. The molecule has 0 saturated heterocycles. The monoisotopic (exact) mass is 1090 g/mol. The van der Waals surface area contributed by atoms with E-state index >= 15 is 0 Å². The summed E-state index contributed by atoms with van der Waals surface area (Å²) in [5.41, 5.74) is 0. The summed E-state index contributed by atoms with van der Waals surface area (Å²) in [7, 11) is 0. The molecule has 0 spiro atoms. The number of hydrogen-bond acceptors (Lipinski definition) is 6. The Morgan fingerprint density at radius 3 is 0.772 bits per heavy atom. The highest BCUT2D eigenvalue weighted by atomic mass is 16.6. The summed E-state index contributed by atoms with van der Waals surface area (Å²) in [5, 5.41) is 0. The maximum absolute atomic E-state index is 12.9. The normalized spacial score (nSPS) is 13.1. The van der Waals surface area contributed by atoms with E-state index in [0.717, 1.165) is 161 Å². The minimum absolute atomic E-state index is 0.0985. The van der Waals surface area contributed by atoms with Gasteiger partial charge in [0.1, 0.15) is 13.2 Å². The molecule has 0 aromatic heterocycles. The second kappa shape index (κ2) is 65.8. The molecule has 0 aromatic rings. The van der Waals surface area contributed by atoms with Crippen LogP contribution in [0.4, 0.5) is 0 Å². The van der Waals surface area contributed by atoms with E-state index in [9.17, 15) is 14.4 Å². The van der Waals surface area contributed by atoms with E-state index in [4.69, 9.17) is 14.2 Å². The van der Waals surface area contributed by atoms with Crippen LogP contribution in [-0.4, -0.2) is 37.2 Å². The Hall–Kier alpha value is -4.71. The van der Waals surface area contributed by atoms with Crippen LogP contribution in [0.25, 0.3) is 0 Å². The fourth-order valence-electron chi connectivity index (χ4n) is 8.53. The number of hydrogen-bond donors (Lipinski definition) is 0. The Morgan fingerprint density at radius 2 is 0.494 bits per heavy atom. The third kappa shape index (κ3) is 64.0. The van der Waals surface area contributed by atoms with Crippen LogP contribution in [0.5, 0.6) is 0 Å². The molecular weight excluding hydrogens is 973 g/mol. The molecule has 0 aliphatic rings. The van der Waals surface area contributed by atoms with E-state index < -0.39 is 6.10 Å². The number of carbonyl (C=O) groups excluding carboxylic acids is 3. The van der Waals surface area contributed by atoms with Gasteiger partial charge in [-0.2, -0.15) is 0 Å². The first-order valence-corrected chi connectivity index (χ1v) is 32.3. The second-order valence-corrected chi connectivity index (χ2v) is 20.9. The molecule has 0 aliphatic carbocycles. The molecule has 0 N–H and O–H groups in total. The largest absolute Gasteiger partial charge is 0.462 e. The third-order valence-corrected chi connectivity index (χ3v) is 13.3. The fraction of sp³-hybridized carbons (Fsp3) is 0.630. The van der Waals surface area contributed by atoms with Gasteiger partial charge in [0.05, 0.1) is 0 Å². The minimum Gasteiger partial charge on any atom is -0.462 e. The highest BCUT2D eigenvalue weighted by Gasteiger charge is 2.19. The van der Waals surface area contributed by atoms with Crippen molar-refractivity contribution in [2.45, 2.75) is 284 Å². The Morgan fingerprint density at radius 1 is 0.266 bits per heavy atom. The summed E-state index contributed by atoms with van der Waals surface area (Å²) in [6.07, 6.45) is 94.1. The maximum Gasteiger partial charge on any atom is 0.306 e. The van der Waals surface area contributed by atoms with Crippen molar-refractivity contribution in [3.63, 3.8) is 0 Å². The van der Waals surface area contributed by atoms with Gasteiger partial charge in [-0.05, 0) is 141 Å². The SMILES string of the molecule is CC/C=C\C/C=C\C/C=C\C/C=C\C/C=C\C/C=C\CCCCCCCCC(=O)OCC(COC(=O)CCCCCCCCC/C=C\C/C=C\C/C=C\CC)OC(=O)CCCCCCCC/C=C\C/C=C\C/C=C\CCCCC. The number of unbranched alkanes of at least 4 members (excludes halogenated alkanes) is 22. The molecule has 6 heteroatoms.